The third kappa shape index (κ3) is 3.50. The number of methoxy groups -OCH3 is 1. The molecular weight excluding hydrogens is 370 g/mol. The first kappa shape index (κ1) is 18.6. The van der Waals surface area contributed by atoms with Crippen LogP contribution in [-0.2, 0) is 4.79 Å². The summed E-state index contributed by atoms with van der Waals surface area (Å²) < 4.78 is 11.3. The van der Waals surface area contributed by atoms with Gasteiger partial charge in [0, 0.05) is 33.7 Å². The minimum absolute atomic E-state index is 0.00398. The Labute approximate surface area is 169 Å². The van der Waals surface area contributed by atoms with Crippen molar-refractivity contribution in [1.29, 1.82) is 0 Å². The SMILES string of the molecule is COc1ccc(-c2csc3c2NC(=O)CC3c2ccccc2OC(C)C)cc1. The van der Waals surface area contributed by atoms with Crippen LogP contribution in [0.15, 0.2) is 53.9 Å². The summed E-state index contributed by atoms with van der Waals surface area (Å²) in [5.74, 6) is 1.69. The van der Waals surface area contributed by atoms with Gasteiger partial charge in [-0.25, -0.2) is 0 Å². The van der Waals surface area contributed by atoms with E-state index in [-0.39, 0.29) is 17.9 Å². The number of fused-ring (bicyclic) bond motifs is 1. The van der Waals surface area contributed by atoms with Gasteiger partial charge in [0.25, 0.3) is 0 Å². The minimum Gasteiger partial charge on any atom is -0.497 e. The number of nitrogens with one attached hydrogen (secondary N) is 1. The third-order valence-corrected chi connectivity index (χ3v) is 5.94. The smallest absolute Gasteiger partial charge is 0.225 e. The number of hydrogen-bond donors (Lipinski definition) is 1. The predicted molar refractivity (Wildman–Crippen MR) is 114 cm³/mol. The summed E-state index contributed by atoms with van der Waals surface area (Å²) in [4.78, 5) is 13.7. The zero-order valence-corrected chi connectivity index (χ0v) is 17.0. The van der Waals surface area contributed by atoms with Crippen molar-refractivity contribution in [2.45, 2.75) is 32.3 Å². The van der Waals surface area contributed by atoms with Crippen molar-refractivity contribution < 1.29 is 14.3 Å². The van der Waals surface area contributed by atoms with Crippen LogP contribution in [0.1, 0.15) is 36.6 Å². The normalized spacial score (nSPS) is 15.9. The second-order valence-corrected chi connectivity index (χ2v) is 8.04. The van der Waals surface area contributed by atoms with Crippen LogP contribution < -0.4 is 14.8 Å². The number of thiophene rings is 1. The molecule has 2 heterocycles. The number of benzene rings is 2. The quantitative estimate of drug-likeness (QED) is 0.606. The molecule has 5 heteroatoms. The summed E-state index contributed by atoms with van der Waals surface area (Å²) in [7, 11) is 1.66. The molecule has 1 aliphatic heterocycles. The average molecular weight is 394 g/mol. The molecule has 1 aromatic heterocycles. The van der Waals surface area contributed by atoms with E-state index in [2.05, 4.69) is 16.8 Å². The lowest BCUT2D eigenvalue weighted by Gasteiger charge is -2.26. The Balaban J connectivity index is 1.77. The molecule has 144 valence electrons. The van der Waals surface area contributed by atoms with Crippen molar-refractivity contribution in [3.05, 3.63) is 64.4 Å². The van der Waals surface area contributed by atoms with Gasteiger partial charge in [0.05, 0.1) is 18.9 Å². The van der Waals surface area contributed by atoms with Gasteiger partial charge in [0.15, 0.2) is 0 Å². The molecule has 2 aromatic carbocycles. The molecular formula is C23H23NO3S. The van der Waals surface area contributed by atoms with Crippen molar-refractivity contribution in [3.8, 4) is 22.6 Å². The topological polar surface area (TPSA) is 47.6 Å². The highest BCUT2D eigenvalue weighted by atomic mass is 32.1. The van der Waals surface area contributed by atoms with E-state index in [0.29, 0.717) is 6.42 Å². The lowest BCUT2D eigenvalue weighted by atomic mass is 9.88. The number of para-hydroxylation sites is 1. The Morgan fingerprint density at radius 2 is 1.86 bits per heavy atom. The highest BCUT2D eigenvalue weighted by Crippen LogP contribution is 2.48. The molecule has 1 atom stereocenters. The number of rotatable bonds is 5. The average Bonchev–Trinajstić information content (AvgIpc) is 3.11. The molecule has 1 amide bonds. The highest BCUT2D eigenvalue weighted by molar-refractivity contribution is 7.11. The van der Waals surface area contributed by atoms with Gasteiger partial charge < -0.3 is 14.8 Å². The standard InChI is InChI=1S/C23H23NO3S/c1-14(2)27-20-7-5-4-6-17(20)18-12-21(25)24-22-19(13-28-23(18)22)15-8-10-16(26-3)11-9-15/h4-11,13-14,18H,12H2,1-3H3,(H,24,25). The second-order valence-electron chi connectivity index (χ2n) is 7.13. The number of carbonyl (C=O) groups excluding carboxylic acids is 1. The Hall–Kier alpha value is -2.79. The fourth-order valence-corrected chi connectivity index (χ4v) is 4.74. The first-order valence-electron chi connectivity index (χ1n) is 9.38. The van der Waals surface area contributed by atoms with E-state index in [1.54, 1.807) is 18.4 Å². The molecule has 1 unspecified atom stereocenters. The number of hydrogen-bond acceptors (Lipinski definition) is 4. The third-order valence-electron chi connectivity index (χ3n) is 4.85. The predicted octanol–water partition coefficient (Wildman–Crippen LogP) is 5.69. The van der Waals surface area contributed by atoms with E-state index < -0.39 is 0 Å². The van der Waals surface area contributed by atoms with Crippen LogP contribution in [0.5, 0.6) is 11.5 Å². The van der Waals surface area contributed by atoms with Crippen molar-refractivity contribution in [2.24, 2.45) is 0 Å². The minimum atomic E-state index is -0.00398. The summed E-state index contributed by atoms with van der Waals surface area (Å²) in [6.07, 6.45) is 0.504. The van der Waals surface area contributed by atoms with Gasteiger partial charge in [0.2, 0.25) is 5.91 Å². The Bertz CT molecular complexity index is 991. The summed E-state index contributed by atoms with van der Waals surface area (Å²) >= 11 is 1.69. The molecule has 0 radical (unpaired) electrons. The summed E-state index contributed by atoms with van der Waals surface area (Å²) in [6, 6.07) is 16.0. The Morgan fingerprint density at radius 3 is 2.57 bits per heavy atom. The van der Waals surface area contributed by atoms with Crippen LogP contribution in [0, 0.1) is 0 Å². The maximum Gasteiger partial charge on any atom is 0.225 e. The highest BCUT2D eigenvalue weighted by Gasteiger charge is 2.32. The lowest BCUT2D eigenvalue weighted by molar-refractivity contribution is -0.116. The van der Waals surface area contributed by atoms with Gasteiger partial charge in [0.1, 0.15) is 11.5 Å². The molecule has 4 rings (SSSR count). The van der Waals surface area contributed by atoms with Gasteiger partial charge in [-0.05, 0) is 37.6 Å². The van der Waals surface area contributed by atoms with E-state index >= 15 is 0 Å². The van der Waals surface area contributed by atoms with Crippen molar-refractivity contribution in [1.82, 2.24) is 0 Å². The fourth-order valence-electron chi connectivity index (χ4n) is 3.59. The summed E-state index contributed by atoms with van der Waals surface area (Å²) in [5, 5.41) is 5.22. The monoisotopic (exact) mass is 393 g/mol. The first-order chi connectivity index (χ1) is 13.6. The zero-order valence-electron chi connectivity index (χ0n) is 16.2. The summed E-state index contributed by atoms with van der Waals surface area (Å²) in [5.41, 5.74) is 4.08. The second kappa shape index (κ2) is 7.68. The molecule has 4 nitrogen and oxygen atoms in total. The van der Waals surface area contributed by atoms with Crippen LogP contribution >= 0.6 is 11.3 Å². The molecule has 3 aromatic rings. The van der Waals surface area contributed by atoms with Crippen LogP contribution in [0.4, 0.5) is 5.69 Å². The molecule has 28 heavy (non-hydrogen) atoms. The zero-order chi connectivity index (χ0) is 19.7. The molecule has 0 fully saturated rings. The Morgan fingerprint density at radius 1 is 1.11 bits per heavy atom. The van der Waals surface area contributed by atoms with Crippen LogP contribution in [-0.4, -0.2) is 19.1 Å². The summed E-state index contributed by atoms with van der Waals surface area (Å²) in [6.45, 7) is 4.03. The van der Waals surface area contributed by atoms with Crippen molar-refractivity contribution in [3.63, 3.8) is 0 Å². The molecule has 0 spiro atoms. The van der Waals surface area contributed by atoms with Gasteiger partial charge in [-0.15, -0.1) is 11.3 Å². The fraction of sp³-hybridized carbons (Fsp3) is 0.261. The molecule has 0 saturated carbocycles. The van der Waals surface area contributed by atoms with E-state index in [0.717, 1.165) is 33.9 Å². The molecule has 0 bridgehead atoms. The van der Waals surface area contributed by atoms with Crippen molar-refractivity contribution >= 4 is 22.9 Å². The lowest BCUT2D eigenvalue weighted by Crippen LogP contribution is -2.23. The van der Waals surface area contributed by atoms with Gasteiger partial charge >= 0.3 is 0 Å². The number of anilines is 1. The van der Waals surface area contributed by atoms with E-state index in [1.165, 1.54) is 4.88 Å². The van der Waals surface area contributed by atoms with Crippen LogP contribution in [0.2, 0.25) is 0 Å². The van der Waals surface area contributed by atoms with Crippen LogP contribution in [0.3, 0.4) is 0 Å². The largest absolute Gasteiger partial charge is 0.497 e. The molecule has 1 N–H and O–H groups in total. The number of carbonyl (C=O) groups is 1. The van der Waals surface area contributed by atoms with E-state index in [9.17, 15) is 4.79 Å². The number of amides is 1. The molecule has 1 aliphatic rings. The van der Waals surface area contributed by atoms with E-state index in [1.807, 2.05) is 56.3 Å². The maximum absolute atomic E-state index is 12.6. The first-order valence-corrected chi connectivity index (χ1v) is 10.3. The van der Waals surface area contributed by atoms with Gasteiger partial charge in [-0.3, -0.25) is 4.79 Å². The number of ether oxygens (including phenoxy) is 2. The van der Waals surface area contributed by atoms with Gasteiger partial charge in [-0.2, -0.15) is 0 Å². The van der Waals surface area contributed by atoms with Crippen molar-refractivity contribution in [2.75, 3.05) is 12.4 Å². The van der Waals surface area contributed by atoms with Gasteiger partial charge in [-0.1, -0.05) is 30.3 Å². The van der Waals surface area contributed by atoms with Crippen LogP contribution in [0.25, 0.3) is 11.1 Å². The molecule has 0 aliphatic carbocycles. The molecule has 0 saturated heterocycles. The van der Waals surface area contributed by atoms with E-state index in [4.69, 9.17) is 9.47 Å². The Kier molecular flexibility index (Phi) is 5.09. The maximum atomic E-state index is 12.6.